The van der Waals surface area contributed by atoms with Gasteiger partial charge in [0.15, 0.2) is 0 Å². The van der Waals surface area contributed by atoms with Crippen molar-refractivity contribution in [2.24, 2.45) is 11.8 Å². The van der Waals surface area contributed by atoms with E-state index in [1.54, 1.807) is 7.11 Å². The van der Waals surface area contributed by atoms with E-state index in [1.807, 2.05) is 0 Å². The Kier molecular flexibility index (Phi) is 4.99. The standard InChI is InChI=1S/C18H26F2N2O/c1-21(2)17-7-12-9-22(10-13(12)8-18(17)23-3)11-14-6-15(19)4-5-16(14)20/h4-6,12-13,17-18H,7-11H2,1-3H3/t12-,13+,17-,18-/m1/s1. The van der Waals surface area contributed by atoms with E-state index in [-0.39, 0.29) is 17.7 Å². The summed E-state index contributed by atoms with van der Waals surface area (Å²) in [6, 6.07) is 4.15. The summed E-state index contributed by atoms with van der Waals surface area (Å²) >= 11 is 0. The van der Waals surface area contributed by atoms with Gasteiger partial charge in [-0.3, -0.25) is 4.90 Å². The van der Waals surface area contributed by atoms with Crippen molar-refractivity contribution in [3.63, 3.8) is 0 Å². The first-order valence-electron chi connectivity index (χ1n) is 8.33. The Balaban J connectivity index is 1.67. The van der Waals surface area contributed by atoms with Gasteiger partial charge in [-0.2, -0.15) is 0 Å². The van der Waals surface area contributed by atoms with Gasteiger partial charge >= 0.3 is 0 Å². The first-order chi connectivity index (χ1) is 11.0. The Morgan fingerprint density at radius 1 is 1.17 bits per heavy atom. The van der Waals surface area contributed by atoms with Crippen LogP contribution < -0.4 is 0 Å². The van der Waals surface area contributed by atoms with Gasteiger partial charge in [-0.15, -0.1) is 0 Å². The number of hydrogen-bond donors (Lipinski definition) is 0. The van der Waals surface area contributed by atoms with Crippen LogP contribution in [0.1, 0.15) is 18.4 Å². The van der Waals surface area contributed by atoms with Gasteiger partial charge in [0.25, 0.3) is 0 Å². The van der Waals surface area contributed by atoms with Gasteiger partial charge in [0.1, 0.15) is 11.6 Å². The van der Waals surface area contributed by atoms with Crippen LogP contribution >= 0.6 is 0 Å². The van der Waals surface area contributed by atoms with Crippen LogP contribution in [0.4, 0.5) is 8.78 Å². The summed E-state index contributed by atoms with van der Waals surface area (Å²) in [5, 5.41) is 0. The van der Waals surface area contributed by atoms with Crippen molar-refractivity contribution in [3.05, 3.63) is 35.4 Å². The molecule has 0 radical (unpaired) electrons. The molecule has 0 N–H and O–H groups in total. The number of ether oxygens (including phenoxy) is 1. The fourth-order valence-electron chi connectivity index (χ4n) is 4.32. The molecule has 1 aliphatic heterocycles. The average Bonchev–Trinajstić information content (AvgIpc) is 2.90. The van der Waals surface area contributed by atoms with E-state index in [0.717, 1.165) is 25.9 Å². The van der Waals surface area contributed by atoms with Crippen LogP contribution in [0.25, 0.3) is 0 Å². The van der Waals surface area contributed by atoms with Gasteiger partial charge in [0, 0.05) is 38.3 Å². The van der Waals surface area contributed by atoms with E-state index in [0.29, 0.717) is 30.0 Å². The van der Waals surface area contributed by atoms with E-state index < -0.39 is 0 Å². The number of hydrogen-bond acceptors (Lipinski definition) is 3. The molecule has 0 unspecified atom stereocenters. The Bertz CT molecular complexity index is 552. The maximum atomic E-state index is 13.9. The van der Waals surface area contributed by atoms with E-state index >= 15 is 0 Å². The third-order valence-electron chi connectivity index (χ3n) is 5.53. The molecule has 0 bridgehead atoms. The molecule has 3 nitrogen and oxygen atoms in total. The van der Waals surface area contributed by atoms with Gasteiger partial charge in [0.2, 0.25) is 0 Å². The molecule has 4 atom stereocenters. The van der Waals surface area contributed by atoms with Crippen LogP contribution in [0.3, 0.4) is 0 Å². The van der Waals surface area contributed by atoms with Crippen LogP contribution in [0, 0.1) is 23.5 Å². The topological polar surface area (TPSA) is 15.7 Å². The molecule has 2 aliphatic rings. The fourth-order valence-corrected chi connectivity index (χ4v) is 4.32. The second kappa shape index (κ2) is 6.83. The highest BCUT2D eigenvalue weighted by Gasteiger charge is 2.43. The largest absolute Gasteiger partial charge is 0.380 e. The number of benzene rings is 1. The number of rotatable bonds is 4. The number of methoxy groups -OCH3 is 1. The SMILES string of the molecule is CO[C@@H]1C[C@H]2CN(Cc3cc(F)ccc3F)C[C@H]2C[C@H]1N(C)C. The van der Waals surface area contributed by atoms with Gasteiger partial charge in [-0.05, 0) is 57.0 Å². The van der Waals surface area contributed by atoms with Gasteiger partial charge in [-0.1, -0.05) is 0 Å². The molecule has 1 aromatic carbocycles. The maximum absolute atomic E-state index is 13.9. The van der Waals surface area contributed by atoms with Gasteiger partial charge in [0.05, 0.1) is 6.10 Å². The van der Waals surface area contributed by atoms with Crippen LogP contribution in [0.15, 0.2) is 18.2 Å². The Morgan fingerprint density at radius 3 is 2.52 bits per heavy atom. The summed E-state index contributed by atoms with van der Waals surface area (Å²) in [4.78, 5) is 4.51. The third kappa shape index (κ3) is 3.57. The van der Waals surface area contributed by atoms with Crippen LogP contribution in [0.2, 0.25) is 0 Å². The highest BCUT2D eigenvalue weighted by molar-refractivity contribution is 5.19. The summed E-state index contributed by atoms with van der Waals surface area (Å²) in [7, 11) is 5.99. The third-order valence-corrected chi connectivity index (χ3v) is 5.53. The molecule has 1 aromatic rings. The molecule has 0 aromatic heterocycles. The lowest BCUT2D eigenvalue weighted by Gasteiger charge is -2.40. The molecule has 1 aliphatic carbocycles. The smallest absolute Gasteiger partial charge is 0.127 e. The Morgan fingerprint density at radius 2 is 1.87 bits per heavy atom. The first-order valence-corrected chi connectivity index (χ1v) is 8.33. The number of nitrogens with zero attached hydrogens (tertiary/aromatic N) is 2. The minimum absolute atomic E-state index is 0.261. The minimum atomic E-state index is -0.370. The zero-order valence-electron chi connectivity index (χ0n) is 14.1. The van der Waals surface area contributed by atoms with E-state index in [4.69, 9.17) is 4.74 Å². The normalized spacial score (nSPS) is 31.6. The lowest BCUT2D eigenvalue weighted by atomic mass is 9.77. The summed E-state index contributed by atoms with van der Waals surface area (Å²) in [5.74, 6) is 0.519. The number of likely N-dealkylation sites (tertiary alicyclic amines) is 1. The van der Waals surface area contributed by atoms with E-state index in [9.17, 15) is 8.78 Å². The molecule has 1 saturated carbocycles. The molecular formula is C18H26F2N2O. The fraction of sp³-hybridized carbons (Fsp3) is 0.667. The van der Waals surface area contributed by atoms with Crippen LogP contribution in [0.5, 0.6) is 0 Å². The van der Waals surface area contributed by atoms with Gasteiger partial charge in [-0.25, -0.2) is 8.78 Å². The van der Waals surface area contributed by atoms with Crippen molar-refractivity contribution in [1.82, 2.24) is 9.80 Å². The second-order valence-corrected chi connectivity index (χ2v) is 7.23. The predicted molar refractivity (Wildman–Crippen MR) is 86.1 cm³/mol. The van der Waals surface area contributed by atoms with Crippen LogP contribution in [-0.2, 0) is 11.3 Å². The molecular weight excluding hydrogens is 298 g/mol. The molecule has 5 heteroatoms. The Hall–Kier alpha value is -1.04. The lowest BCUT2D eigenvalue weighted by molar-refractivity contribution is -0.0209. The molecule has 1 saturated heterocycles. The highest BCUT2D eigenvalue weighted by atomic mass is 19.1. The summed E-state index contributed by atoms with van der Waals surface area (Å²) in [5.41, 5.74) is 0.455. The molecule has 3 rings (SSSR count). The quantitative estimate of drug-likeness (QED) is 0.847. The van der Waals surface area contributed by atoms with Crippen molar-refractivity contribution in [3.8, 4) is 0 Å². The monoisotopic (exact) mass is 324 g/mol. The maximum Gasteiger partial charge on any atom is 0.127 e. The van der Waals surface area contributed by atoms with Crippen molar-refractivity contribution in [1.29, 1.82) is 0 Å². The zero-order valence-corrected chi connectivity index (χ0v) is 14.1. The Labute approximate surface area is 137 Å². The van der Waals surface area contributed by atoms with Crippen molar-refractivity contribution < 1.29 is 13.5 Å². The lowest BCUT2D eigenvalue weighted by Crippen LogP contribution is -2.47. The summed E-state index contributed by atoms with van der Waals surface area (Å²) in [6.07, 6.45) is 2.42. The number of fused-ring (bicyclic) bond motifs is 1. The second-order valence-electron chi connectivity index (χ2n) is 7.23. The van der Waals surface area contributed by atoms with E-state index in [1.165, 1.54) is 18.2 Å². The molecule has 128 valence electrons. The van der Waals surface area contributed by atoms with Gasteiger partial charge < -0.3 is 9.64 Å². The average molecular weight is 324 g/mol. The summed E-state index contributed by atoms with van der Waals surface area (Å²) < 4.78 is 32.9. The van der Waals surface area contributed by atoms with Crippen LogP contribution in [-0.4, -0.2) is 56.2 Å². The molecule has 0 amide bonds. The van der Waals surface area contributed by atoms with E-state index in [2.05, 4.69) is 23.9 Å². The first kappa shape index (κ1) is 16.8. The predicted octanol–water partition coefficient (Wildman–Crippen LogP) is 2.75. The van der Waals surface area contributed by atoms with Crippen molar-refractivity contribution in [2.75, 3.05) is 34.3 Å². The van der Waals surface area contributed by atoms with Crippen molar-refractivity contribution >= 4 is 0 Å². The molecule has 0 spiro atoms. The zero-order chi connectivity index (χ0) is 16.6. The molecule has 2 fully saturated rings. The molecule has 1 heterocycles. The molecule has 23 heavy (non-hydrogen) atoms. The minimum Gasteiger partial charge on any atom is -0.380 e. The van der Waals surface area contributed by atoms with Crippen molar-refractivity contribution in [2.45, 2.75) is 31.5 Å². The number of halogens is 2. The summed E-state index contributed by atoms with van der Waals surface area (Å²) in [6.45, 7) is 2.39. The highest BCUT2D eigenvalue weighted by Crippen LogP contribution is 2.39. The number of likely N-dealkylation sites (N-methyl/N-ethyl adjacent to an activating group) is 1.